The van der Waals surface area contributed by atoms with E-state index in [0.29, 0.717) is 0 Å². The molecule has 0 spiro atoms. The fourth-order valence-electron chi connectivity index (χ4n) is 2.47. The van der Waals surface area contributed by atoms with Gasteiger partial charge in [0, 0.05) is 23.7 Å². The van der Waals surface area contributed by atoms with Crippen LogP contribution >= 0.6 is 0 Å². The minimum Gasteiger partial charge on any atom is -0.324 e. The number of hydrogen-bond donors (Lipinski definition) is 1. The predicted molar refractivity (Wildman–Crippen MR) is 61.9 cm³/mol. The van der Waals surface area contributed by atoms with Crippen LogP contribution in [0.3, 0.4) is 0 Å². The van der Waals surface area contributed by atoms with Gasteiger partial charge in [0.15, 0.2) is 0 Å². The lowest BCUT2D eigenvalue weighted by Gasteiger charge is -2.19. The lowest BCUT2D eigenvalue weighted by molar-refractivity contribution is -0.385. The Kier molecular flexibility index (Phi) is 3.38. The molecule has 4 nitrogen and oxygen atoms in total. The Morgan fingerprint density at radius 1 is 1.41 bits per heavy atom. The third-order valence-corrected chi connectivity index (χ3v) is 3.46. The van der Waals surface area contributed by atoms with E-state index in [-0.39, 0.29) is 17.2 Å². The molecule has 1 aromatic carbocycles. The Morgan fingerprint density at radius 2 is 2.06 bits per heavy atom. The van der Waals surface area contributed by atoms with Crippen molar-refractivity contribution in [1.29, 1.82) is 0 Å². The van der Waals surface area contributed by atoms with Gasteiger partial charge in [-0.25, -0.2) is 4.39 Å². The van der Waals surface area contributed by atoms with Gasteiger partial charge in [0.2, 0.25) is 0 Å². The minimum atomic E-state index is -0.524. The molecule has 1 aliphatic carbocycles. The second-order valence-corrected chi connectivity index (χ2v) is 4.53. The molecule has 2 N–H and O–H groups in total. The molecule has 2 rings (SSSR count). The van der Waals surface area contributed by atoms with E-state index in [1.54, 1.807) is 0 Å². The molecule has 1 fully saturated rings. The molecule has 5 heteroatoms. The van der Waals surface area contributed by atoms with E-state index >= 15 is 0 Å². The second-order valence-electron chi connectivity index (χ2n) is 4.53. The van der Waals surface area contributed by atoms with Crippen LogP contribution in [0.2, 0.25) is 0 Å². The zero-order chi connectivity index (χ0) is 12.4. The van der Waals surface area contributed by atoms with Gasteiger partial charge in [-0.1, -0.05) is 12.8 Å². The summed E-state index contributed by atoms with van der Waals surface area (Å²) in [6.07, 6.45) is 4.16. The van der Waals surface area contributed by atoms with Gasteiger partial charge < -0.3 is 5.73 Å². The van der Waals surface area contributed by atoms with Crippen LogP contribution < -0.4 is 5.73 Å². The van der Waals surface area contributed by atoms with Gasteiger partial charge in [0.1, 0.15) is 5.82 Å². The van der Waals surface area contributed by atoms with Crippen molar-refractivity contribution in [3.8, 4) is 0 Å². The summed E-state index contributed by atoms with van der Waals surface area (Å²) in [6, 6.07) is 3.12. The molecule has 0 unspecified atom stereocenters. The molecule has 0 aliphatic heterocycles. The van der Waals surface area contributed by atoms with Crippen LogP contribution in [0, 0.1) is 21.8 Å². The maximum atomic E-state index is 13.6. The highest BCUT2D eigenvalue weighted by Crippen LogP contribution is 2.35. The summed E-state index contributed by atoms with van der Waals surface area (Å²) in [5.74, 6) is -0.207. The van der Waals surface area contributed by atoms with Crippen LogP contribution in [-0.4, -0.2) is 4.92 Å². The fourth-order valence-corrected chi connectivity index (χ4v) is 2.47. The van der Waals surface area contributed by atoms with Crippen molar-refractivity contribution < 1.29 is 9.31 Å². The van der Waals surface area contributed by atoms with Crippen molar-refractivity contribution in [1.82, 2.24) is 0 Å². The van der Waals surface area contributed by atoms with Crippen LogP contribution in [0.4, 0.5) is 10.1 Å². The fraction of sp³-hybridized carbons (Fsp3) is 0.500. The highest BCUT2D eigenvalue weighted by Gasteiger charge is 2.26. The average Bonchev–Trinajstić information content (AvgIpc) is 2.81. The molecule has 0 aromatic heterocycles. The topological polar surface area (TPSA) is 69.2 Å². The SMILES string of the molecule is N[C@H](c1cc([N+](=O)[O-])ccc1F)C1CCCC1. The van der Waals surface area contributed by atoms with Crippen LogP contribution in [-0.2, 0) is 0 Å². The molecule has 92 valence electrons. The maximum absolute atomic E-state index is 13.6. The van der Waals surface area contributed by atoms with Gasteiger partial charge in [0.05, 0.1) is 4.92 Å². The first kappa shape index (κ1) is 12.0. The highest BCUT2D eigenvalue weighted by atomic mass is 19.1. The number of benzene rings is 1. The lowest BCUT2D eigenvalue weighted by Crippen LogP contribution is -2.20. The molecule has 1 aliphatic rings. The van der Waals surface area contributed by atoms with E-state index in [1.165, 1.54) is 12.1 Å². The van der Waals surface area contributed by atoms with Crippen LogP contribution in [0.15, 0.2) is 18.2 Å². The van der Waals surface area contributed by atoms with E-state index in [1.807, 2.05) is 0 Å². The van der Waals surface area contributed by atoms with Crippen molar-refractivity contribution in [2.75, 3.05) is 0 Å². The van der Waals surface area contributed by atoms with Gasteiger partial charge in [-0.3, -0.25) is 10.1 Å². The maximum Gasteiger partial charge on any atom is 0.269 e. The van der Waals surface area contributed by atoms with Gasteiger partial charge in [-0.2, -0.15) is 0 Å². The summed E-state index contributed by atoms with van der Waals surface area (Å²) in [7, 11) is 0. The summed E-state index contributed by atoms with van der Waals surface area (Å²) in [5, 5.41) is 10.7. The Balaban J connectivity index is 2.29. The molecule has 1 aromatic rings. The quantitative estimate of drug-likeness (QED) is 0.650. The standard InChI is InChI=1S/C12H15FN2O2/c13-11-6-5-9(15(16)17)7-10(11)12(14)8-3-1-2-4-8/h5-8,12H,1-4,14H2/t12-/m0/s1. The van der Waals surface area contributed by atoms with Crippen molar-refractivity contribution in [2.24, 2.45) is 11.7 Å². The highest BCUT2D eigenvalue weighted by molar-refractivity contribution is 5.37. The third-order valence-electron chi connectivity index (χ3n) is 3.46. The first-order valence-corrected chi connectivity index (χ1v) is 5.79. The first-order valence-electron chi connectivity index (χ1n) is 5.79. The Bertz CT molecular complexity index is 431. The largest absolute Gasteiger partial charge is 0.324 e. The van der Waals surface area contributed by atoms with Crippen molar-refractivity contribution in [3.63, 3.8) is 0 Å². The molecule has 0 radical (unpaired) electrons. The van der Waals surface area contributed by atoms with E-state index in [4.69, 9.17) is 5.73 Å². The zero-order valence-corrected chi connectivity index (χ0v) is 9.43. The monoisotopic (exact) mass is 238 g/mol. The average molecular weight is 238 g/mol. The Hall–Kier alpha value is -1.49. The number of nitrogens with zero attached hydrogens (tertiary/aromatic N) is 1. The summed E-state index contributed by atoms with van der Waals surface area (Å²) < 4.78 is 13.6. The summed E-state index contributed by atoms with van der Waals surface area (Å²) >= 11 is 0. The molecular formula is C12H15FN2O2. The minimum absolute atomic E-state index is 0.102. The van der Waals surface area contributed by atoms with Crippen molar-refractivity contribution >= 4 is 5.69 Å². The predicted octanol–water partition coefficient (Wildman–Crippen LogP) is 2.92. The number of rotatable bonds is 3. The van der Waals surface area contributed by atoms with E-state index in [0.717, 1.165) is 31.7 Å². The van der Waals surface area contributed by atoms with Crippen LogP contribution in [0.1, 0.15) is 37.3 Å². The van der Waals surface area contributed by atoms with E-state index in [9.17, 15) is 14.5 Å². The number of nitro benzene ring substituents is 1. The second kappa shape index (κ2) is 4.79. The number of hydrogen-bond acceptors (Lipinski definition) is 3. The summed E-state index contributed by atoms with van der Waals surface area (Å²) in [6.45, 7) is 0. The molecule has 17 heavy (non-hydrogen) atoms. The van der Waals surface area contributed by atoms with Crippen LogP contribution in [0.5, 0.6) is 0 Å². The molecule has 0 bridgehead atoms. The third kappa shape index (κ3) is 2.44. The van der Waals surface area contributed by atoms with Gasteiger partial charge in [0.25, 0.3) is 5.69 Å². The number of halogens is 1. The van der Waals surface area contributed by atoms with Gasteiger partial charge in [-0.15, -0.1) is 0 Å². The molecule has 0 heterocycles. The summed E-state index contributed by atoms with van der Waals surface area (Å²) in [4.78, 5) is 10.1. The van der Waals surface area contributed by atoms with E-state index < -0.39 is 16.8 Å². The van der Waals surface area contributed by atoms with Crippen molar-refractivity contribution in [2.45, 2.75) is 31.7 Å². The molecule has 1 saturated carbocycles. The molecular weight excluding hydrogens is 223 g/mol. The lowest BCUT2D eigenvalue weighted by atomic mass is 9.92. The smallest absolute Gasteiger partial charge is 0.269 e. The molecule has 1 atom stereocenters. The molecule has 0 saturated heterocycles. The number of nitro groups is 1. The van der Waals surface area contributed by atoms with Gasteiger partial charge >= 0.3 is 0 Å². The number of nitrogens with two attached hydrogens (primary N) is 1. The first-order chi connectivity index (χ1) is 8.09. The van der Waals surface area contributed by atoms with Gasteiger partial charge in [-0.05, 0) is 24.8 Å². The number of non-ortho nitro benzene ring substituents is 1. The zero-order valence-electron chi connectivity index (χ0n) is 9.43. The summed E-state index contributed by atoms with van der Waals surface area (Å²) in [5.41, 5.74) is 6.18. The Morgan fingerprint density at radius 3 is 2.65 bits per heavy atom. The normalized spacial score (nSPS) is 18.2. The molecule has 0 amide bonds. The van der Waals surface area contributed by atoms with Crippen molar-refractivity contribution in [3.05, 3.63) is 39.7 Å². The van der Waals surface area contributed by atoms with Crippen LogP contribution in [0.25, 0.3) is 0 Å². The Labute approximate surface area is 98.8 Å². The van der Waals surface area contributed by atoms with E-state index in [2.05, 4.69) is 0 Å².